The Balaban J connectivity index is 2.56. The van der Waals surface area contributed by atoms with Gasteiger partial charge in [-0.15, -0.1) is 11.3 Å². The van der Waals surface area contributed by atoms with Crippen molar-refractivity contribution in [3.8, 4) is 0 Å². The van der Waals surface area contributed by atoms with Gasteiger partial charge < -0.3 is 4.98 Å². The maximum absolute atomic E-state index is 11.2. The molecule has 0 aliphatic rings. The maximum atomic E-state index is 11.2. The van der Waals surface area contributed by atoms with Crippen molar-refractivity contribution in [2.24, 2.45) is 0 Å². The van der Waals surface area contributed by atoms with Crippen LogP contribution in [0.5, 0.6) is 0 Å². The van der Waals surface area contributed by atoms with E-state index in [-0.39, 0.29) is 4.92 Å². The lowest BCUT2D eigenvalue weighted by molar-refractivity contribution is -0.561. The van der Waals surface area contributed by atoms with Crippen molar-refractivity contribution in [3.63, 3.8) is 0 Å². The molecule has 2 heterocycles. The van der Waals surface area contributed by atoms with E-state index < -0.39 is 5.54 Å². The van der Waals surface area contributed by atoms with Crippen molar-refractivity contribution in [2.75, 3.05) is 0 Å². The number of nitrogens with zero attached hydrogens (tertiary/aromatic N) is 1. The summed E-state index contributed by atoms with van der Waals surface area (Å²) in [5, 5.41) is 13.1. The third-order valence-corrected chi connectivity index (χ3v) is 3.57. The molecule has 0 aromatic carbocycles. The Hall–Kier alpha value is -1.62. The molecular formula is C10H10N2O2S. The molecule has 1 N–H and O–H groups in total. The number of aromatic nitrogens is 1. The highest BCUT2D eigenvalue weighted by Crippen LogP contribution is 2.34. The molecule has 1 unspecified atom stereocenters. The van der Waals surface area contributed by atoms with Gasteiger partial charge in [-0.05, 0) is 23.6 Å². The zero-order chi connectivity index (χ0) is 10.9. The van der Waals surface area contributed by atoms with E-state index in [1.165, 1.54) is 11.3 Å². The number of aromatic amines is 1. The second-order valence-electron chi connectivity index (χ2n) is 3.39. The van der Waals surface area contributed by atoms with Gasteiger partial charge in [-0.2, -0.15) is 0 Å². The zero-order valence-electron chi connectivity index (χ0n) is 8.14. The van der Waals surface area contributed by atoms with Gasteiger partial charge in [0.2, 0.25) is 0 Å². The fourth-order valence-electron chi connectivity index (χ4n) is 1.51. The molecule has 0 amide bonds. The van der Waals surface area contributed by atoms with E-state index in [9.17, 15) is 10.1 Å². The van der Waals surface area contributed by atoms with Gasteiger partial charge in [0, 0.05) is 18.0 Å². The average Bonchev–Trinajstić information content (AvgIpc) is 2.89. The van der Waals surface area contributed by atoms with Crippen molar-refractivity contribution in [1.82, 2.24) is 4.98 Å². The van der Waals surface area contributed by atoms with Crippen LogP contribution in [-0.4, -0.2) is 9.91 Å². The van der Waals surface area contributed by atoms with Crippen LogP contribution < -0.4 is 0 Å². The molecule has 0 aliphatic heterocycles. The Morgan fingerprint density at radius 1 is 1.47 bits per heavy atom. The number of rotatable bonds is 3. The SMILES string of the molecule is CC(c1ccc[nH]1)(c1cccs1)[N+](=O)[O-]. The third-order valence-electron chi connectivity index (χ3n) is 2.49. The molecule has 2 aromatic rings. The first kappa shape index (κ1) is 9.92. The van der Waals surface area contributed by atoms with Gasteiger partial charge in [0.25, 0.3) is 5.54 Å². The fraction of sp³-hybridized carbons (Fsp3) is 0.200. The van der Waals surface area contributed by atoms with Gasteiger partial charge in [-0.1, -0.05) is 6.07 Å². The van der Waals surface area contributed by atoms with Crippen molar-refractivity contribution in [1.29, 1.82) is 0 Å². The predicted octanol–water partition coefficient (Wildman–Crippen LogP) is 2.62. The van der Waals surface area contributed by atoms with Crippen molar-refractivity contribution < 1.29 is 4.92 Å². The Kier molecular flexibility index (Phi) is 2.32. The first-order valence-corrected chi connectivity index (χ1v) is 5.36. The molecule has 0 bridgehead atoms. The van der Waals surface area contributed by atoms with Crippen LogP contribution in [0.2, 0.25) is 0 Å². The van der Waals surface area contributed by atoms with Gasteiger partial charge in [-0.3, -0.25) is 10.1 Å². The predicted molar refractivity (Wildman–Crippen MR) is 58.6 cm³/mol. The van der Waals surface area contributed by atoms with Gasteiger partial charge >= 0.3 is 0 Å². The molecule has 15 heavy (non-hydrogen) atoms. The Labute approximate surface area is 90.7 Å². The Morgan fingerprint density at radius 3 is 2.73 bits per heavy atom. The second-order valence-corrected chi connectivity index (χ2v) is 4.34. The van der Waals surface area contributed by atoms with Gasteiger partial charge in [0.15, 0.2) is 0 Å². The maximum Gasteiger partial charge on any atom is 0.292 e. The molecular weight excluding hydrogens is 212 g/mol. The lowest BCUT2D eigenvalue weighted by atomic mass is 9.97. The van der Waals surface area contributed by atoms with Crippen molar-refractivity contribution >= 4 is 11.3 Å². The number of nitro groups is 1. The van der Waals surface area contributed by atoms with E-state index in [1.54, 1.807) is 31.3 Å². The second kappa shape index (κ2) is 3.51. The summed E-state index contributed by atoms with van der Waals surface area (Å²) in [5.41, 5.74) is -0.563. The van der Waals surface area contributed by atoms with E-state index in [0.717, 1.165) is 4.88 Å². The van der Waals surface area contributed by atoms with Gasteiger partial charge in [0.05, 0.1) is 10.6 Å². The summed E-state index contributed by atoms with van der Waals surface area (Å²) in [6.45, 7) is 1.62. The lowest BCUT2D eigenvalue weighted by Crippen LogP contribution is -2.32. The molecule has 2 aromatic heterocycles. The van der Waals surface area contributed by atoms with Crippen LogP contribution in [0.3, 0.4) is 0 Å². The highest BCUT2D eigenvalue weighted by atomic mass is 32.1. The normalized spacial score (nSPS) is 14.7. The van der Waals surface area contributed by atoms with Crippen LogP contribution in [0, 0.1) is 10.1 Å². The molecule has 78 valence electrons. The standard InChI is InChI=1S/C10H10N2O2S/c1-10(12(13)14,8-4-2-6-11-8)9-5-3-7-15-9/h2-7,11H,1H3. The van der Waals surface area contributed by atoms with Crippen LogP contribution in [0.25, 0.3) is 0 Å². The van der Waals surface area contributed by atoms with Gasteiger partial charge in [-0.25, -0.2) is 0 Å². The molecule has 0 saturated heterocycles. The van der Waals surface area contributed by atoms with E-state index in [1.807, 2.05) is 11.4 Å². The van der Waals surface area contributed by atoms with Crippen LogP contribution in [-0.2, 0) is 5.54 Å². The van der Waals surface area contributed by atoms with Crippen LogP contribution in [0.1, 0.15) is 17.5 Å². The topological polar surface area (TPSA) is 58.9 Å². The molecule has 0 saturated carbocycles. The van der Waals surface area contributed by atoms with Gasteiger partial charge in [0.1, 0.15) is 0 Å². The molecule has 2 rings (SSSR count). The van der Waals surface area contributed by atoms with Crippen LogP contribution in [0.4, 0.5) is 0 Å². The number of hydrogen-bond donors (Lipinski definition) is 1. The summed E-state index contributed by atoms with van der Waals surface area (Å²) in [5.74, 6) is 0. The molecule has 5 heteroatoms. The molecule has 0 radical (unpaired) electrons. The number of thiophene rings is 1. The summed E-state index contributed by atoms with van der Waals surface area (Å²) < 4.78 is 0. The van der Waals surface area contributed by atoms with E-state index in [2.05, 4.69) is 4.98 Å². The fourth-order valence-corrected chi connectivity index (χ4v) is 2.38. The largest absolute Gasteiger partial charge is 0.359 e. The molecule has 0 spiro atoms. The quantitative estimate of drug-likeness (QED) is 0.641. The minimum Gasteiger partial charge on any atom is -0.359 e. The van der Waals surface area contributed by atoms with Crippen LogP contribution in [0.15, 0.2) is 35.8 Å². The first-order chi connectivity index (χ1) is 7.15. The Morgan fingerprint density at radius 2 is 2.27 bits per heavy atom. The summed E-state index contributed by atoms with van der Waals surface area (Å²) >= 11 is 1.39. The number of H-pyrrole nitrogens is 1. The monoisotopic (exact) mass is 222 g/mol. The van der Waals surface area contributed by atoms with E-state index in [4.69, 9.17) is 0 Å². The molecule has 1 atom stereocenters. The van der Waals surface area contributed by atoms with Crippen LogP contribution >= 0.6 is 11.3 Å². The first-order valence-electron chi connectivity index (χ1n) is 4.48. The molecule has 0 fully saturated rings. The summed E-state index contributed by atoms with van der Waals surface area (Å²) in [7, 11) is 0. The van der Waals surface area contributed by atoms with E-state index >= 15 is 0 Å². The minimum absolute atomic E-state index is 0.259. The third kappa shape index (κ3) is 1.45. The zero-order valence-corrected chi connectivity index (χ0v) is 8.95. The van der Waals surface area contributed by atoms with Crippen molar-refractivity contribution in [3.05, 3.63) is 56.5 Å². The Bertz CT molecular complexity index is 413. The van der Waals surface area contributed by atoms with Crippen molar-refractivity contribution in [2.45, 2.75) is 12.5 Å². The highest BCUT2D eigenvalue weighted by Gasteiger charge is 2.43. The summed E-state index contributed by atoms with van der Waals surface area (Å²) in [6.07, 6.45) is 1.70. The minimum atomic E-state index is -1.17. The number of hydrogen-bond acceptors (Lipinski definition) is 3. The highest BCUT2D eigenvalue weighted by molar-refractivity contribution is 7.10. The summed E-state index contributed by atoms with van der Waals surface area (Å²) in [6, 6.07) is 7.12. The average molecular weight is 222 g/mol. The van der Waals surface area contributed by atoms with E-state index in [0.29, 0.717) is 5.69 Å². The smallest absolute Gasteiger partial charge is 0.292 e. The molecule has 0 aliphatic carbocycles. The lowest BCUT2D eigenvalue weighted by Gasteiger charge is -2.17. The number of nitrogens with one attached hydrogen (secondary N) is 1. The summed E-state index contributed by atoms with van der Waals surface area (Å²) in [4.78, 5) is 14.6. The molecule has 4 nitrogen and oxygen atoms in total.